The number of carboxylic acids is 1. The fourth-order valence-corrected chi connectivity index (χ4v) is 3.70. The SMILES string of the molecule is CCC(Sc1c(=O)o[nH][n+]1-c1ccccc1)C(=O)Nc1ccc(C(=O)O)cc1OC. The Labute approximate surface area is 175 Å². The van der Waals surface area contributed by atoms with Crippen molar-refractivity contribution < 1.29 is 28.6 Å². The number of carbonyl (C=O) groups is 2. The number of carboxylic acid groups (broad SMARTS) is 1. The Balaban J connectivity index is 1.83. The monoisotopic (exact) mass is 430 g/mol. The topological polar surface area (TPSA) is 126 Å². The third-order valence-electron chi connectivity index (χ3n) is 4.25. The number of carbonyl (C=O) groups excluding carboxylic acids is 1. The predicted octanol–water partition coefficient (Wildman–Crippen LogP) is 2.46. The minimum absolute atomic E-state index is 0.0418. The number of nitrogens with zero attached hydrogens (tertiary/aromatic N) is 1. The maximum absolute atomic E-state index is 12.9. The van der Waals surface area contributed by atoms with Gasteiger partial charge < -0.3 is 15.2 Å². The lowest BCUT2D eigenvalue weighted by atomic mass is 10.2. The molecule has 1 atom stereocenters. The third kappa shape index (κ3) is 4.54. The molecule has 1 unspecified atom stereocenters. The van der Waals surface area contributed by atoms with Crippen LogP contribution in [0.4, 0.5) is 5.69 Å². The quantitative estimate of drug-likeness (QED) is 0.370. The summed E-state index contributed by atoms with van der Waals surface area (Å²) in [4.78, 5) is 36.2. The smallest absolute Gasteiger partial charge is 0.442 e. The molecule has 1 amide bonds. The standard InChI is InChI=1S/C20H19N3O6S/c1-3-16(17(24)21-14-10-9-12(19(25)26)11-15(14)28-2)30-18-20(27)29-22-23(18)13-7-5-4-6-8-13/h4-11,16H,3H2,1-2H3,(H2-,21,22,24,25,26,27)/p+1. The second kappa shape index (κ2) is 9.31. The molecule has 0 aliphatic carbocycles. The number of rotatable bonds is 8. The number of aromatic carboxylic acids is 1. The van der Waals surface area contributed by atoms with E-state index in [0.29, 0.717) is 17.8 Å². The number of aromatic amines is 1. The summed E-state index contributed by atoms with van der Waals surface area (Å²) in [6, 6.07) is 13.2. The van der Waals surface area contributed by atoms with Crippen molar-refractivity contribution in [3.8, 4) is 11.4 Å². The lowest BCUT2D eigenvalue weighted by molar-refractivity contribution is -0.704. The molecule has 9 nitrogen and oxygen atoms in total. The summed E-state index contributed by atoms with van der Waals surface area (Å²) in [5.41, 5.74) is 0.481. The zero-order valence-corrected chi connectivity index (χ0v) is 17.1. The Hall–Kier alpha value is -3.53. The fraction of sp³-hybridized carbons (Fsp3) is 0.200. The molecule has 0 aliphatic rings. The van der Waals surface area contributed by atoms with Crippen molar-refractivity contribution in [3.05, 3.63) is 64.5 Å². The van der Waals surface area contributed by atoms with Crippen LogP contribution in [0.3, 0.4) is 0 Å². The molecular weight excluding hydrogens is 410 g/mol. The number of hydrogen-bond acceptors (Lipinski definition) is 6. The molecule has 3 rings (SSSR count). The van der Waals surface area contributed by atoms with Gasteiger partial charge in [-0.25, -0.2) is 9.59 Å². The van der Waals surface area contributed by atoms with Crippen LogP contribution in [0, 0.1) is 0 Å². The largest absolute Gasteiger partial charge is 0.495 e. The van der Waals surface area contributed by atoms with Gasteiger partial charge in [0.2, 0.25) is 11.6 Å². The van der Waals surface area contributed by atoms with E-state index < -0.39 is 16.8 Å². The van der Waals surface area contributed by atoms with E-state index in [1.807, 2.05) is 25.1 Å². The van der Waals surface area contributed by atoms with Gasteiger partial charge in [0, 0.05) is 12.1 Å². The molecular formula is C20H20N3O6S+. The molecule has 0 spiro atoms. The number of amides is 1. The molecule has 3 aromatic rings. The highest BCUT2D eigenvalue weighted by Gasteiger charge is 2.30. The van der Waals surface area contributed by atoms with E-state index in [1.54, 1.807) is 12.1 Å². The zero-order valence-electron chi connectivity index (χ0n) is 16.2. The van der Waals surface area contributed by atoms with Crippen molar-refractivity contribution in [3.63, 3.8) is 0 Å². The molecule has 2 aromatic carbocycles. The van der Waals surface area contributed by atoms with Crippen molar-refractivity contribution >= 4 is 29.3 Å². The molecule has 1 aromatic heterocycles. The van der Waals surface area contributed by atoms with Crippen LogP contribution in [0.15, 0.2) is 62.9 Å². The van der Waals surface area contributed by atoms with E-state index >= 15 is 0 Å². The molecule has 30 heavy (non-hydrogen) atoms. The van der Waals surface area contributed by atoms with E-state index in [2.05, 4.69) is 10.6 Å². The summed E-state index contributed by atoms with van der Waals surface area (Å²) in [6.45, 7) is 1.82. The van der Waals surface area contributed by atoms with Crippen LogP contribution in [-0.2, 0) is 4.79 Å². The molecule has 0 fully saturated rings. The fourth-order valence-electron chi connectivity index (χ4n) is 2.71. The first-order chi connectivity index (χ1) is 14.4. The Morgan fingerprint density at radius 1 is 1.27 bits per heavy atom. The second-order valence-corrected chi connectivity index (χ2v) is 7.37. The predicted molar refractivity (Wildman–Crippen MR) is 109 cm³/mol. The molecule has 1 heterocycles. The van der Waals surface area contributed by atoms with Gasteiger partial charge >= 0.3 is 16.6 Å². The molecule has 0 saturated carbocycles. The summed E-state index contributed by atoms with van der Waals surface area (Å²) in [6.07, 6.45) is 0.436. The van der Waals surface area contributed by atoms with Crippen LogP contribution in [0.5, 0.6) is 5.75 Å². The van der Waals surface area contributed by atoms with Gasteiger partial charge in [0.05, 0.1) is 23.6 Å². The number of para-hydroxylation sites is 1. The average Bonchev–Trinajstić information content (AvgIpc) is 3.12. The van der Waals surface area contributed by atoms with Crippen molar-refractivity contribution in [1.29, 1.82) is 0 Å². The normalized spacial score (nSPS) is 11.7. The highest BCUT2D eigenvalue weighted by molar-refractivity contribution is 8.00. The summed E-state index contributed by atoms with van der Waals surface area (Å²) in [7, 11) is 1.39. The van der Waals surface area contributed by atoms with Crippen LogP contribution in [0.25, 0.3) is 5.69 Å². The average molecular weight is 430 g/mol. The zero-order chi connectivity index (χ0) is 21.7. The Kier molecular flexibility index (Phi) is 6.58. The molecule has 3 N–H and O–H groups in total. The summed E-state index contributed by atoms with van der Waals surface area (Å²) in [5, 5.41) is 14.0. The number of thioether (sulfide) groups is 1. The first kappa shape index (κ1) is 21.2. The highest BCUT2D eigenvalue weighted by atomic mass is 32.2. The molecule has 0 bridgehead atoms. The van der Waals surface area contributed by atoms with E-state index in [0.717, 1.165) is 11.8 Å². The molecule has 10 heteroatoms. The third-order valence-corrected chi connectivity index (χ3v) is 5.65. The van der Waals surface area contributed by atoms with Crippen LogP contribution in [-0.4, -0.2) is 34.6 Å². The number of aromatic nitrogens is 2. The Morgan fingerprint density at radius 2 is 2.00 bits per heavy atom. The first-order valence-electron chi connectivity index (χ1n) is 9.02. The van der Waals surface area contributed by atoms with E-state index in [9.17, 15) is 14.4 Å². The number of H-pyrrole nitrogens is 1. The van der Waals surface area contributed by atoms with Gasteiger partial charge in [-0.1, -0.05) is 25.1 Å². The minimum atomic E-state index is -1.10. The maximum Gasteiger partial charge on any atom is 0.442 e. The van der Waals surface area contributed by atoms with E-state index in [4.69, 9.17) is 14.4 Å². The summed E-state index contributed by atoms with van der Waals surface area (Å²) < 4.78 is 11.6. The van der Waals surface area contributed by atoms with Crippen molar-refractivity contribution in [2.75, 3.05) is 12.4 Å². The van der Waals surface area contributed by atoms with Crippen molar-refractivity contribution in [2.45, 2.75) is 23.6 Å². The first-order valence-corrected chi connectivity index (χ1v) is 9.90. The molecule has 0 aliphatic heterocycles. The van der Waals surface area contributed by atoms with Crippen LogP contribution < -0.4 is 20.4 Å². The number of hydrogen-bond donors (Lipinski definition) is 3. The summed E-state index contributed by atoms with van der Waals surface area (Å²) >= 11 is 1.07. The van der Waals surface area contributed by atoms with Gasteiger partial charge in [-0.3, -0.25) is 9.32 Å². The minimum Gasteiger partial charge on any atom is -0.495 e. The van der Waals surface area contributed by atoms with Crippen molar-refractivity contribution in [2.24, 2.45) is 0 Å². The highest BCUT2D eigenvalue weighted by Crippen LogP contribution is 2.28. The van der Waals surface area contributed by atoms with Gasteiger partial charge in [0.25, 0.3) is 0 Å². The summed E-state index contributed by atoms with van der Waals surface area (Å²) in [5.74, 6) is -1.23. The number of ether oxygens (including phenoxy) is 1. The van der Waals surface area contributed by atoms with Gasteiger partial charge in [0.1, 0.15) is 5.75 Å². The number of methoxy groups -OCH3 is 1. The Bertz CT molecular complexity index is 1110. The van der Waals surface area contributed by atoms with E-state index in [-0.39, 0.29) is 22.2 Å². The lowest BCUT2D eigenvalue weighted by Crippen LogP contribution is -2.37. The molecule has 0 saturated heterocycles. The van der Waals surface area contributed by atoms with E-state index in [1.165, 1.54) is 30.0 Å². The van der Waals surface area contributed by atoms with Gasteiger partial charge in [-0.15, -0.1) is 0 Å². The van der Waals surface area contributed by atoms with Crippen LogP contribution in [0.2, 0.25) is 0 Å². The lowest BCUT2D eigenvalue weighted by Gasteiger charge is -2.14. The molecule has 0 radical (unpaired) electrons. The van der Waals surface area contributed by atoms with Crippen LogP contribution >= 0.6 is 11.8 Å². The number of nitrogens with one attached hydrogen (secondary N) is 2. The maximum atomic E-state index is 12.9. The number of benzene rings is 2. The van der Waals surface area contributed by atoms with Gasteiger partial charge in [-0.2, -0.15) is 0 Å². The number of anilines is 1. The van der Waals surface area contributed by atoms with Crippen LogP contribution in [0.1, 0.15) is 23.7 Å². The van der Waals surface area contributed by atoms with Crippen molar-refractivity contribution in [1.82, 2.24) is 5.27 Å². The second-order valence-electron chi connectivity index (χ2n) is 6.18. The molecule has 156 valence electrons. The Morgan fingerprint density at radius 3 is 2.63 bits per heavy atom. The van der Waals surface area contributed by atoms with Gasteiger partial charge in [-0.05, 0) is 46.3 Å². The van der Waals surface area contributed by atoms with Gasteiger partial charge in [0.15, 0.2) is 0 Å².